The fraction of sp³-hybridized carbons (Fsp3) is 0.520. The number of carbonyl (C=O) groups is 1. The number of aromatic nitrogens is 4. The van der Waals surface area contributed by atoms with Crippen molar-refractivity contribution in [1.29, 1.82) is 0 Å². The number of amides is 1. The zero-order chi connectivity index (χ0) is 26.6. The quantitative estimate of drug-likeness (QED) is 0.448. The van der Waals surface area contributed by atoms with Gasteiger partial charge in [-0.3, -0.25) is 4.57 Å². The molecule has 0 saturated carbocycles. The summed E-state index contributed by atoms with van der Waals surface area (Å²) in [4.78, 5) is 28.2. The monoisotopic (exact) mass is 531 g/mol. The van der Waals surface area contributed by atoms with Gasteiger partial charge >= 0.3 is 6.09 Å². The van der Waals surface area contributed by atoms with Gasteiger partial charge in [0.1, 0.15) is 22.9 Å². The first-order valence-corrected chi connectivity index (χ1v) is 12.8. The second-order valence-corrected chi connectivity index (χ2v) is 9.26. The molecule has 2 N–H and O–H groups in total. The van der Waals surface area contributed by atoms with Gasteiger partial charge in [0.15, 0.2) is 5.82 Å². The number of benzene rings is 1. The third-order valence-corrected chi connectivity index (χ3v) is 6.87. The molecule has 3 aromatic rings. The van der Waals surface area contributed by atoms with Gasteiger partial charge in [-0.15, -0.1) is 0 Å². The maximum atomic E-state index is 14.2. The molecule has 0 bridgehead atoms. The first-order valence-electron chi connectivity index (χ1n) is 12.8. The van der Waals surface area contributed by atoms with Crippen molar-refractivity contribution >= 4 is 28.9 Å². The lowest BCUT2D eigenvalue weighted by Crippen LogP contribution is -2.39. The number of imidazole rings is 1. The minimum Gasteiger partial charge on any atom is -0.492 e. The van der Waals surface area contributed by atoms with E-state index in [1.54, 1.807) is 24.3 Å². The van der Waals surface area contributed by atoms with Crippen molar-refractivity contribution in [3.63, 3.8) is 0 Å². The van der Waals surface area contributed by atoms with E-state index in [0.717, 1.165) is 12.8 Å². The smallest absolute Gasteiger partial charge is 0.407 e. The van der Waals surface area contributed by atoms with Crippen LogP contribution >= 0.6 is 0 Å². The molecule has 2 aliphatic rings. The summed E-state index contributed by atoms with van der Waals surface area (Å²) in [6, 6.07) is 6.87. The number of nitrogens with zero attached hydrogens (tertiary/aromatic N) is 6. The third-order valence-electron chi connectivity index (χ3n) is 6.87. The van der Waals surface area contributed by atoms with Gasteiger partial charge in [0.2, 0.25) is 5.95 Å². The van der Waals surface area contributed by atoms with Crippen LogP contribution in [0.1, 0.15) is 32.0 Å². The minimum atomic E-state index is -2.84. The van der Waals surface area contributed by atoms with Gasteiger partial charge in [-0.25, -0.2) is 18.6 Å². The first-order chi connectivity index (χ1) is 18.4. The molecule has 204 valence electrons. The number of likely N-dealkylation sites (tertiary alicyclic amines) is 1. The number of nitrogens with one attached hydrogen (secondary N) is 1. The minimum absolute atomic E-state index is 0.240. The molecule has 0 spiro atoms. The van der Waals surface area contributed by atoms with E-state index in [9.17, 15) is 18.7 Å². The van der Waals surface area contributed by atoms with Crippen molar-refractivity contribution in [3.05, 3.63) is 30.1 Å². The molecule has 2 aromatic heterocycles. The lowest BCUT2D eigenvalue weighted by Gasteiger charge is -2.30. The van der Waals surface area contributed by atoms with Gasteiger partial charge in [-0.1, -0.05) is 6.07 Å². The average molecular weight is 532 g/mol. The number of fused-ring (bicyclic) bond motifs is 1. The zero-order valence-corrected chi connectivity index (χ0v) is 21.1. The molecule has 1 amide bonds. The van der Waals surface area contributed by atoms with Crippen LogP contribution in [0.3, 0.4) is 0 Å². The summed E-state index contributed by atoms with van der Waals surface area (Å²) in [7, 11) is 0. The second kappa shape index (κ2) is 11.3. The van der Waals surface area contributed by atoms with E-state index in [0.29, 0.717) is 81.1 Å². The highest BCUT2D eigenvalue weighted by Gasteiger charge is 2.26. The molecule has 2 aliphatic heterocycles. The van der Waals surface area contributed by atoms with E-state index in [-0.39, 0.29) is 11.7 Å². The van der Waals surface area contributed by atoms with E-state index in [2.05, 4.69) is 15.3 Å². The summed E-state index contributed by atoms with van der Waals surface area (Å²) in [5.41, 5.74) is 0.806. The van der Waals surface area contributed by atoms with Crippen molar-refractivity contribution in [2.75, 3.05) is 62.8 Å². The molecule has 0 aliphatic carbocycles. The lowest BCUT2D eigenvalue weighted by atomic mass is 9.97. The number of ether oxygens (including phenoxy) is 2. The number of rotatable bonds is 8. The van der Waals surface area contributed by atoms with Crippen LogP contribution in [0.2, 0.25) is 0 Å². The van der Waals surface area contributed by atoms with Crippen LogP contribution in [0.15, 0.2) is 24.3 Å². The van der Waals surface area contributed by atoms with Gasteiger partial charge in [0.05, 0.1) is 25.3 Å². The molecule has 11 nitrogen and oxygen atoms in total. The van der Waals surface area contributed by atoms with E-state index in [1.165, 1.54) is 9.47 Å². The number of hydrogen-bond donors (Lipinski definition) is 2. The molecule has 1 aromatic carbocycles. The average Bonchev–Trinajstić information content (AvgIpc) is 3.34. The molecule has 38 heavy (non-hydrogen) atoms. The van der Waals surface area contributed by atoms with Crippen LogP contribution < -0.4 is 15.0 Å². The highest BCUT2D eigenvalue weighted by Crippen LogP contribution is 2.33. The molecule has 2 saturated heterocycles. The Hall–Kier alpha value is -3.74. The Morgan fingerprint density at radius 2 is 1.89 bits per heavy atom. The fourth-order valence-electron chi connectivity index (χ4n) is 4.88. The summed E-state index contributed by atoms with van der Waals surface area (Å²) in [5.74, 6) is 1.43. The Morgan fingerprint density at radius 1 is 1.16 bits per heavy atom. The second-order valence-electron chi connectivity index (χ2n) is 9.26. The Kier molecular flexibility index (Phi) is 7.72. The number of carboxylic acid groups (broad SMARTS) is 1. The molecular weight excluding hydrogens is 500 g/mol. The van der Waals surface area contributed by atoms with Crippen LogP contribution in [0, 0.1) is 5.92 Å². The summed E-state index contributed by atoms with van der Waals surface area (Å²) < 4.78 is 41.0. The summed E-state index contributed by atoms with van der Waals surface area (Å²) in [6.45, 7) is 6.01. The normalized spacial score (nSPS) is 16.8. The van der Waals surface area contributed by atoms with Crippen molar-refractivity contribution in [3.8, 4) is 11.6 Å². The Labute approximate surface area is 218 Å². The number of halogens is 2. The molecule has 13 heteroatoms. The van der Waals surface area contributed by atoms with Crippen LogP contribution in [-0.4, -0.2) is 88.2 Å². The van der Waals surface area contributed by atoms with Gasteiger partial charge in [0, 0.05) is 38.8 Å². The Morgan fingerprint density at radius 3 is 2.58 bits per heavy atom. The number of hydrogen-bond acceptors (Lipinski definition) is 8. The third kappa shape index (κ3) is 5.42. The summed E-state index contributed by atoms with van der Waals surface area (Å²) in [6.07, 6.45) is -2.30. The van der Waals surface area contributed by atoms with Gasteiger partial charge < -0.3 is 29.7 Å². The highest BCUT2D eigenvalue weighted by molar-refractivity contribution is 5.84. The standard InChI is InChI=1S/C25H31F2N7O4/c1-2-38-18-5-3-4-17-21(18)31-23(22(26)27)34(17)20-14-19(32-10-12-37-13-11-32)29-24(30-20)28-15-16-6-8-33(9-7-16)25(35)36/h3-5,14,16,22H,2,6-13,15H2,1H3,(H,35,36)(H,28,29,30). The fourth-order valence-corrected chi connectivity index (χ4v) is 4.88. The van der Waals surface area contributed by atoms with Crippen molar-refractivity contribution in [2.24, 2.45) is 5.92 Å². The Balaban J connectivity index is 1.51. The van der Waals surface area contributed by atoms with Crippen LogP contribution in [-0.2, 0) is 4.74 Å². The van der Waals surface area contributed by atoms with Gasteiger partial charge in [-0.05, 0) is 37.8 Å². The largest absolute Gasteiger partial charge is 0.492 e. The zero-order valence-electron chi connectivity index (χ0n) is 21.1. The SMILES string of the molecule is CCOc1cccc2c1nc(C(F)F)n2-c1cc(N2CCOCC2)nc(NCC2CCN(C(=O)O)CC2)n1. The van der Waals surface area contributed by atoms with E-state index >= 15 is 0 Å². The summed E-state index contributed by atoms with van der Waals surface area (Å²) >= 11 is 0. The Bertz CT molecular complexity index is 1270. The molecule has 0 radical (unpaired) electrons. The maximum Gasteiger partial charge on any atom is 0.407 e. The van der Waals surface area contributed by atoms with Crippen molar-refractivity contribution < 1.29 is 28.2 Å². The van der Waals surface area contributed by atoms with Crippen LogP contribution in [0.5, 0.6) is 5.75 Å². The van der Waals surface area contributed by atoms with Crippen molar-refractivity contribution in [1.82, 2.24) is 24.4 Å². The topological polar surface area (TPSA) is 118 Å². The van der Waals surface area contributed by atoms with Crippen LogP contribution in [0.25, 0.3) is 16.9 Å². The molecule has 5 rings (SSSR count). The molecule has 0 atom stereocenters. The van der Waals surface area contributed by atoms with E-state index in [4.69, 9.17) is 14.5 Å². The number of anilines is 2. The summed E-state index contributed by atoms with van der Waals surface area (Å²) in [5, 5.41) is 12.5. The number of morpholine rings is 1. The molecular formula is C25H31F2N7O4. The first kappa shape index (κ1) is 25.9. The number of piperidine rings is 1. The van der Waals surface area contributed by atoms with Gasteiger partial charge in [0.25, 0.3) is 6.43 Å². The number of alkyl halides is 2. The number of para-hydroxylation sites is 1. The van der Waals surface area contributed by atoms with Crippen LogP contribution in [0.4, 0.5) is 25.3 Å². The van der Waals surface area contributed by atoms with E-state index in [1.807, 2.05) is 11.8 Å². The molecule has 0 unspecified atom stereocenters. The van der Waals surface area contributed by atoms with Gasteiger partial charge in [-0.2, -0.15) is 9.97 Å². The predicted molar refractivity (Wildman–Crippen MR) is 137 cm³/mol. The lowest BCUT2D eigenvalue weighted by molar-refractivity contribution is 0.122. The molecule has 2 fully saturated rings. The predicted octanol–water partition coefficient (Wildman–Crippen LogP) is 3.79. The molecule has 4 heterocycles. The van der Waals surface area contributed by atoms with E-state index < -0.39 is 18.3 Å². The maximum absolute atomic E-state index is 14.2. The van der Waals surface area contributed by atoms with Crippen molar-refractivity contribution in [2.45, 2.75) is 26.2 Å². The highest BCUT2D eigenvalue weighted by atomic mass is 19.3.